The molecular weight excluding hydrogens is 379 g/mol. The minimum absolute atomic E-state index is 0. The highest BCUT2D eigenvalue weighted by molar-refractivity contribution is 7.89. The average molecular weight is 392 g/mol. The van der Waals surface area contributed by atoms with E-state index in [1.54, 1.807) is 0 Å². The number of hydrogen-bond donors (Lipinski definition) is 2. The molecule has 23 heavy (non-hydrogen) atoms. The zero-order chi connectivity index (χ0) is 16.5. The number of nitrogens with zero attached hydrogens (tertiary/aromatic N) is 1. The summed E-state index contributed by atoms with van der Waals surface area (Å²) in [5, 5.41) is 7.82. The molecule has 0 saturated heterocycles. The van der Waals surface area contributed by atoms with Crippen LogP contribution in [0.15, 0.2) is 18.2 Å². The molecule has 0 radical (unpaired) electrons. The van der Waals surface area contributed by atoms with Crippen LogP contribution in [0, 0.1) is 5.41 Å². The van der Waals surface area contributed by atoms with E-state index in [-0.39, 0.29) is 35.3 Å². The molecule has 6 nitrogen and oxygen atoms in total. The molecule has 1 aromatic heterocycles. The molecule has 0 bridgehead atoms. The van der Waals surface area contributed by atoms with Gasteiger partial charge in [-0.15, -0.1) is 25.6 Å². The number of sulfonamides is 1. The molecular formula is C11H13ClF3N3O3S2. The highest BCUT2D eigenvalue weighted by Gasteiger charge is 2.31. The second-order valence-corrected chi connectivity index (χ2v) is 7.34. The van der Waals surface area contributed by atoms with Crippen LogP contribution in [-0.4, -0.2) is 32.1 Å². The third-order valence-corrected chi connectivity index (χ3v) is 5.10. The number of aromatic nitrogens is 1. The number of hydrogen-bond acceptors (Lipinski definition) is 5. The number of fused-ring (bicyclic) bond motifs is 1. The first-order valence-corrected chi connectivity index (χ1v) is 8.43. The van der Waals surface area contributed by atoms with Crippen LogP contribution in [-0.2, 0) is 16.6 Å². The largest absolute Gasteiger partial charge is 0.573 e. The van der Waals surface area contributed by atoms with E-state index >= 15 is 0 Å². The highest BCUT2D eigenvalue weighted by atomic mass is 35.5. The van der Waals surface area contributed by atoms with Crippen LogP contribution in [0.5, 0.6) is 5.75 Å². The maximum absolute atomic E-state index is 12.2. The van der Waals surface area contributed by atoms with Crippen LogP contribution < -0.4 is 14.3 Å². The van der Waals surface area contributed by atoms with Crippen LogP contribution in [0.3, 0.4) is 0 Å². The first-order valence-electron chi connectivity index (χ1n) is 5.96. The number of ether oxygens (including phenoxy) is 1. The van der Waals surface area contributed by atoms with E-state index in [0.29, 0.717) is 10.2 Å². The topological polar surface area (TPSA) is 84.2 Å². The molecule has 0 spiro atoms. The Bertz CT molecular complexity index is 846. The molecule has 0 unspecified atom stereocenters. The molecule has 2 N–H and O–H groups in total. The normalized spacial score (nSPS) is 12.2. The molecule has 0 aliphatic carbocycles. The second kappa shape index (κ2) is 7.07. The van der Waals surface area contributed by atoms with Crippen LogP contribution >= 0.6 is 23.7 Å². The van der Waals surface area contributed by atoms with Crippen LogP contribution in [0.4, 0.5) is 13.2 Å². The lowest BCUT2D eigenvalue weighted by Crippen LogP contribution is -2.27. The predicted molar refractivity (Wildman–Crippen MR) is 82.4 cm³/mol. The summed E-state index contributed by atoms with van der Waals surface area (Å²) in [7, 11) is -2.15. The van der Waals surface area contributed by atoms with Gasteiger partial charge in [0.05, 0.1) is 16.0 Å². The van der Waals surface area contributed by atoms with Gasteiger partial charge in [0.2, 0.25) is 10.0 Å². The molecule has 2 rings (SSSR count). The molecule has 0 aliphatic rings. The van der Waals surface area contributed by atoms with E-state index in [0.717, 1.165) is 17.4 Å². The van der Waals surface area contributed by atoms with Crippen molar-refractivity contribution in [1.29, 1.82) is 5.41 Å². The van der Waals surface area contributed by atoms with Gasteiger partial charge in [0.25, 0.3) is 0 Å². The number of halogens is 4. The van der Waals surface area contributed by atoms with Gasteiger partial charge >= 0.3 is 6.36 Å². The molecule has 2 aromatic rings. The van der Waals surface area contributed by atoms with Gasteiger partial charge in [0.15, 0.2) is 4.80 Å². The van der Waals surface area contributed by atoms with Gasteiger partial charge < -0.3 is 9.30 Å². The quantitative estimate of drug-likeness (QED) is 0.818. The van der Waals surface area contributed by atoms with Gasteiger partial charge in [0, 0.05) is 6.54 Å². The Kier molecular flexibility index (Phi) is 6.07. The van der Waals surface area contributed by atoms with Gasteiger partial charge in [-0.25, -0.2) is 13.1 Å². The van der Waals surface area contributed by atoms with E-state index in [1.807, 2.05) is 0 Å². The fraction of sp³-hybridized carbons (Fsp3) is 0.364. The van der Waals surface area contributed by atoms with Gasteiger partial charge in [0.1, 0.15) is 5.75 Å². The smallest absolute Gasteiger partial charge is 0.406 e. The van der Waals surface area contributed by atoms with Gasteiger partial charge in [-0.3, -0.25) is 5.41 Å². The lowest BCUT2D eigenvalue weighted by molar-refractivity contribution is -0.274. The lowest BCUT2D eigenvalue weighted by Gasteiger charge is -2.09. The highest BCUT2D eigenvalue weighted by Crippen LogP contribution is 2.27. The van der Waals surface area contributed by atoms with Crippen molar-refractivity contribution in [2.75, 3.05) is 12.8 Å². The van der Waals surface area contributed by atoms with Crippen molar-refractivity contribution in [2.24, 2.45) is 0 Å². The summed E-state index contributed by atoms with van der Waals surface area (Å²) >= 11 is 0.944. The number of benzene rings is 1. The summed E-state index contributed by atoms with van der Waals surface area (Å²) < 4.78 is 67.2. The molecule has 0 atom stereocenters. The Morgan fingerprint density at radius 3 is 2.61 bits per heavy atom. The third-order valence-electron chi connectivity index (χ3n) is 2.80. The van der Waals surface area contributed by atoms with E-state index in [2.05, 4.69) is 9.46 Å². The van der Waals surface area contributed by atoms with Gasteiger partial charge in [-0.2, -0.15) is 0 Å². The lowest BCUT2D eigenvalue weighted by atomic mass is 10.3. The Labute approximate surface area is 139 Å². The summed E-state index contributed by atoms with van der Waals surface area (Å²) in [5.41, 5.74) is 0.482. The van der Waals surface area contributed by atoms with Crippen molar-refractivity contribution in [3.05, 3.63) is 23.0 Å². The zero-order valence-electron chi connectivity index (χ0n) is 11.7. The van der Waals surface area contributed by atoms with Crippen molar-refractivity contribution in [2.45, 2.75) is 12.9 Å². The maximum atomic E-state index is 12.2. The predicted octanol–water partition coefficient (Wildman–Crippen LogP) is 2.05. The third kappa shape index (κ3) is 5.09. The van der Waals surface area contributed by atoms with Gasteiger partial charge in [-0.05, 0) is 25.2 Å². The van der Waals surface area contributed by atoms with Crippen molar-refractivity contribution < 1.29 is 26.3 Å². The number of thiazole rings is 1. The minimum atomic E-state index is -4.79. The fourth-order valence-electron chi connectivity index (χ4n) is 1.80. The Morgan fingerprint density at radius 1 is 1.39 bits per heavy atom. The molecule has 0 aliphatic heterocycles. The van der Waals surface area contributed by atoms with Crippen LogP contribution in [0.25, 0.3) is 10.2 Å². The van der Waals surface area contributed by atoms with Gasteiger partial charge in [-0.1, -0.05) is 11.3 Å². The van der Waals surface area contributed by atoms with Crippen molar-refractivity contribution in [3.63, 3.8) is 0 Å². The van der Waals surface area contributed by atoms with Crippen molar-refractivity contribution in [1.82, 2.24) is 9.29 Å². The van der Waals surface area contributed by atoms with E-state index in [9.17, 15) is 21.6 Å². The Balaban J connectivity index is 0.00000264. The fourth-order valence-corrected chi connectivity index (χ4v) is 3.39. The first kappa shape index (κ1) is 19.7. The summed E-state index contributed by atoms with van der Waals surface area (Å²) in [5.74, 6) is -0.608. The van der Waals surface area contributed by atoms with E-state index < -0.39 is 16.4 Å². The summed E-state index contributed by atoms with van der Waals surface area (Å²) in [4.78, 5) is 0.0467. The summed E-state index contributed by atoms with van der Waals surface area (Å²) in [6.45, 7) is 0.0292. The number of aryl methyl sites for hydroxylation is 1. The van der Waals surface area contributed by atoms with E-state index in [1.165, 1.54) is 23.7 Å². The van der Waals surface area contributed by atoms with Crippen molar-refractivity contribution in [3.8, 4) is 5.75 Å². The first-order chi connectivity index (χ1) is 10.1. The molecule has 0 saturated carbocycles. The summed E-state index contributed by atoms with van der Waals surface area (Å²) in [6, 6.07) is 3.68. The molecule has 1 aromatic carbocycles. The minimum Gasteiger partial charge on any atom is -0.406 e. The average Bonchev–Trinajstić information content (AvgIpc) is 2.69. The Morgan fingerprint density at radius 2 is 2.04 bits per heavy atom. The second-order valence-electron chi connectivity index (χ2n) is 4.26. The van der Waals surface area contributed by atoms with Crippen LogP contribution in [0.1, 0.15) is 0 Å². The number of alkyl halides is 3. The van der Waals surface area contributed by atoms with Crippen molar-refractivity contribution >= 4 is 44.0 Å². The molecule has 0 fully saturated rings. The standard InChI is InChI=1S/C11H12F3N3O3S2.ClH/c1-16-22(18,19)5-4-17-8-3-2-7(20-11(12,13)14)6-9(8)21-10(17)15;/h2-3,6,15-16H,4-5H2,1H3;1H. The number of rotatable bonds is 5. The van der Waals surface area contributed by atoms with E-state index in [4.69, 9.17) is 5.41 Å². The Hall–Kier alpha value is -1.30. The molecule has 0 amide bonds. The SMILES string of the molecule is CNS(=O)(=O)CCn1c(=N)sc2cc(OC(F)(F)F)ccc21.Cl. The number of nitrogens with one attached hydrogen (secondary N) is 2. The summed E-state index contributed by atoms with van der Waals surface area (Å²) in [6.07, 6.45) is -4.79. The molecule has 12 heteroatoms. The monoisotopic (exact) mass is 391 g/mol. The zero-order valence-corrected chi connectivity index (χ0v) is 14.1. The van der Waals surface area contributed by atoms with Crippen LogP contribution in [0.2, 0.25) is 0 Å². The molecule has 130 valence electrons. The molecule has 1 heterocycles. The maximum Gasteiger partial charge on any atom is 0.573 e.